The highest BCUT2D eigenvalue weighted by Gasteiger charge is 2.01. The fraction of sp³-hybridized carbons (Fsp3) is 0.111. The van der Waals surface area contributed by atoms with Crippen LogP contribution >= 0.6 is 0 Å². The minimum Gasteiger partial charge on any atom is -0.366 e. The van der Waals surface area contributed by atoms with Gasteiger partial charge in [-0.1, -0.05) is 0 Å². The Balaban J connectivity index is 1.62. The van der Waals surface area contributed by atoms with Crippen LogP contribution in [0.5, 0.6) is 0 Å². The van der Waals surface area contributed by atoms with Crippen molar-refractivity contribution < 1.29 is 4.79 Å². The van der Waals surface area contributed by atoms with E-state index in [1.807, 2.05) is 42.5 Å². The van der Waals surface area contributed by atoms with E-state index in [1.165, 1.54) is 13.3 Å². The summed E-state index contributed by atoms with van der Waals surface area (Å²) in [6, 6.07) is 13.1. The third kappa shape index (κ3) is 5.00. The van der Waals surface area contributed by atoms with Crippen LogP contribution < -0.4 is 16.0 Å². The van der Waals surface area contributed by atoms with Gasteiger partial charge in [0, 0.05) is 43.3 Å². The summed E-state index contributed by atoms with van der Waals surface area (Å²) in [5.41, 5.74) is 2.74. The van der Waals surface area contributed by atoms with E-state index in [4.69, 9.17) is 0 Å². The molecule has 0 aliphatic heterocycles. The van der Waals surface area contributed by atoms with Crippen molar-refractivity contribution in [1.29, 1.82) is 0 Å². The Morgan fingerprint density at radius 1 is 0.960 bits per heavy atom. The average Bonchev–Trinajstić information content (AvgIpc) is 2.62. The van der Waals surface area contributed by atoms with Crippen molar-refractivity contribution in [2.45, 2.75) is 13.5 Å². The van der Waals surface area contributed by atoms with Gasteiger partial charge in [0.05, 0.1) is 0 Å². The van der Waals surface area contributed by atoms with Gasteiger partial charge in [-0.15, -0.1) is 0 Å². The number of nitrogens with zero attached hydrogens (tertiary/aromatic N) is 3. The quantitative estimate of drug-likeness (QED) is 0.641. The topological polar surface area (TPSA) is 91.8 Å². The molecule has 0 radical (unpaired) electrons. The van der Waals surface area contributed by atoms with Crippen LogP contribution in [0.1, 0.15) is 12.5 Å². The number of hydrogen-bond donors (Lipinski definition) is 3. The van der Waals surface area contributed by atoms with E-state index in [-0.39, 0.29) is 5.91 Å². The van der Waals surface area contributed by atoms with Crippen LogP contribution in [0.4, 0.5) is 23.0 Å². The molecule has 3 N–H and O–H groups in total. The van der Waals surface area contributed by atoms with Gasteiger partial charge in [-0.3, -0.25) is 9.78 Å². The standard InChI is InChI=1S/C18H18N6O/c1-13(25)23-15-2-4-16(5-3-15)24-18-10-17(21-12-22-18)20-11-14-6-8-19-9-7-14/h2-10,12H,11H2,1H3,(H,23,25)(H2,20,21,22,24). The van der Waals surface area contributed by atoms with E-state index in [0.717, 1.165) is 22.8 Å². The van der Waals surface area contributed by atoms with E-state index in [1.54, 1.807) is 12.4 Å². The molecule has 0 fully saturated rings. The monoisotopic (exact) mass is 334 g/mol. The van der Waals surface area contributed by atoms with Crippen molar-refractivity contribution in [3.63, 3.8) is 0 Å². The first kappa shape index (κ1) is 16.4. The van der Waals surface area contributed by atoms with Gasteiger partial charge in [0.25, 0.3) is 0 Å². The smallest absolute Gasteiger partial charge is 0.221 e. The summed E-state index contributed by atoms with van der Waals surface area (Å²) in [5, 5.41) is 9.19. The highest BCUT2D eigenvalue weighted by molar-refractivity contribution is 5.88. The van der Waals surface area contributed by atoms with Crippen molar-refractivity contribution >= 4 is 28.9 Å². The number of anilines is 4. The van der Waals surface area contributed by atoms with Crippen LogP contribution in [-0.2, 0) is 11.3 Å². The first-order chi connectivity index (χ1) is 12.2. The molecule has 0 spiro atoms. The molecule has 25 heavy (non-hydrogen) atoms. The molecule has 1 amide bonds. The Kier molecular flexibility index (Phi) is 5.16. The van der Waals surface area contributed by atoms with Gasteiger partial charge in [0.1, 0.15) is 18.0 Å². The number of hydrogen-bond acceptors (Lipinski definition) is 6. The maximum absolute atomic E-state index is 11.0. The fourth-order valence-corrected chi connectivity index (χ4v) is 2.20. The SMILES string of the molecule is CC(=O)Nc1ccc(Nc2cc(NCc3ccncc3)ncn2)cc1. The van der Waals surface area contributed by atoms with Gasteiger partial charge in [-0.05, 0) is 42.0 Å². The summed E-state index contributed by atoms with van der Waals surface area (Å²) in [6.07, 6.45) is 5.02. The van der Waals surface area contributed by atoms with Crippen LogP contribution in [0, 0.1) is 0 Å². The molecule has 0 unspecified atom stereocenters. The maximum Gasteiger partial charge on any atom is 0.221 e. The second-order valence-corrected chi connectivity index (χ2v) is 5.38. The molecule has 7 nitrogen and oxygen atoms in total. The zero-order valence-electron chi connectivity index (χ0n) is 13.7. The van der Waals surface area contributed by atoms with Crippen LogP contribution in [0.15, 0.2) is 61.2 Å². The van der Waals surface area contributed by atoms with Gasteiger partial charge in [-0.2, -0.15) is 0 Å². The first-order valence-corrected chi connectivity index (χ1v) is 7.78. The lowest BCUT2D eigenvalue weighted by Gasteiger charge is -2.09. The molecule has 0 atom stereocenters. The van der Waals surface area contributed by atoms with Gasteiger partial charge in [0.15, 0.2) is 0 Å². The highest BCUT2D eigenvalue weighted by atomic mass is 16.1. The van der Waals surface area contributed by atoms with E-state index < -0.39 is 0 Å². The molecule has 7 heteroatoms. The van der Waals surface area contributed by atoms with Crippen molar-refractivity contribution in [1.82, 2.24) is 15.0 Å². The number of carbonyl (C=O) groups excluding carboxylic acids is 1. The summed E-state index contributed by atoms with van der Waals surface area (Å²) >= 11 is 0. The predicted octanol–water partition coefficient (Wildman–Crippen LogP) is 3.19. The van der Waals surface area contributed by atoms with Crippen molar-refractivity contribution in [2.24, 2.45) is 0 Å². The van der Waals surface area contributed by atoms with E-state index in [9.17, 15) is 4.79 Å². The number of pyridine rings is 1. The number of aromatic nitrogens is 3. The largest absolute Gasteiger partial charge is 0.366 e. The van der Waals surface area contributed by atoms with E-state index in [2.05, 4.69) is 30.9 Å². The van der Waals surface area contributed by atoms with Crippen LogP contribution in [0.25, 0.3) is 0 Å². The van der Waals surface area contributed by atoms with Crippen LogP contribution in [0.3, 0.4) is 0 Å². The van der Waals surface area contributed by atoms with E-state index in [0.29, 0.717) is 12.4 Å². The van der Waals surface area contributed by atoms with Crippen LogP contribution in [0.2, 0.25) is 0 Å². The Morgan fingerprint density at radius 2 is 1.64 bits per heavy atom. The minimum atomic E-state index is -0.0959. The molecule has 3 rings (SSSR count). The summed E-state index contributed by atoms with van der Waals surface area (Å²) in [4.78, 5) is 23.5. The molecule has 0 aliphatic carbocycles. The normalized spacial score (nSPS) is 10.1. The average molecular weight is 334 g/mol. The Bertz CT molecular complexity index is 836. The Labute approximate surface area is 145 Å². The Morgan fingerprint density at radius 3 is 2.36 bits per heavy atom. The van der Waals surface area contributed by atoms with Gasteiger partial charge in [-0.25, -0.2) is 9.97 Å². The summed E-state index contributed by atoms with van der Waals surface area (Å²) in [5.74, 6) is 1.31. The molecule has 0 saturated carbocycles. The van der Waals surface area contributed by atoms with Gasteiger partial charge in [0.2, 0.25) is 5.91 Å². The first-order valence-electron chi connectivity index (χ1n) is 7.78. The summed E-state index contributed by atoms with van der Waals surface area (Å²) in [7, 11) is 0. The molecule has 2 aromatic heterocycles. The highest BCUT2D eigenvalue weighted by Crippen LogP contribution is 2.19. The van der Waals surface area contributed by atoms with Crippen LogP contribution in [-0.4, -0.2) is 20.9 Å². The zero-order chi connectivity index (χ0) is 17.5. The molecule has 126 valence electrons. The number of rotatable bonds is 6. The third-order valence-corrected chi connectivity index (χ3v) is 3.37. The summed E-state index contributed by atoms with van der Waals surface area (Å²) < 4.78 is 0. The lowest BCUT2D eigenvalue weighted by Crippen LogP contribution is -2.05. The second kappa shape index (κ2) is 7.87. The molecule has 0 saturated heterocycles. The number of benzene rings is 1. The minimum absolute atomic E-state index is 0.0959. The second-order valence-electron chi connectivity index (χ2n) is 5.38. The number of amides is 1. The van der Waals surface area contributed by atoms with Crippen molar-refractivity contribution in [3.05, 3.63) is 66.7 Å². The zero-order valence-corrected chi connectivity index (χ0v) is 13.7. The number of nitrogens with one attached hydrogen (secondary N) is 3. The Hall–Kier alpha value is -3.48. The predicted molar refractivity (Wildman–Crippen MR) is 97.6 cm³/mol. The molecular weight excluding hydrogens is 316 g/mol. The van der Waals surface area contributed by atoms with Crippen molar-refractivity contribution in [2.75, 3.05) is 16.0 Å². The van der Waals surface area contributed by atoms with Gasteiger partial charge >= 0.3 is 0 Å². The van der Waals surface area contributed by atoms with E-state index >= 15 is 0 Å². The molecule has 0 aliphatic rings. The van der Waals surface area contributed by atoms with Gasteiger partial charge < -0.3 is 16.0 Å². The molecule has 2 heterocycles. The molecule has 3 aromatic rings. The fourth-order valence-electron chi connectivity index (χ4n) is 2.20. The lowest BCUT2D eigenvalue weighted by molar-refractivity contribution is -0.114. The molecular formula is C18H18N6O. The molecule has 1 aromatic carbocycles. The summed E-state index contributed by atoms with van der Waals surface area (Å²) in [6.45, 7) is 2.14. The number of carbonyl (C=O) groups is 1. The maximum atomic E-state index is 11.0. The van der Waals surface area contributed by atoms with Crippen molar-refractivity contribution in [3.8, 4) is 0 Å². The third-order valence-electron chi connectivity index (χ3n) is 3.37. The molecule has 0 bridgehead atoms. The lowest BCUT2D eigenvalue weighted by atomic mass is 10.2.